The molecule has 206 valence electrons. The average Bonchev–Trinajstić information content (AvgIpc) is 3.47. The number of hydrogen-bond acceptors (Lipinski definition) is 4. The van der Waals surface area contributed by atoms with Crippen LogP contribution < -0.4 is 21.3 Å². The highest BCUT2D eigenvalue weighted by atomic mass is 15.6. The maximum Gasteiger partial charge on any atom is 0.539 e. The van der Waals surface area contributed by atoms with Gasteiger partial charge in [0, 0.05) is 0 Å². The Morgan fingerprint density at radius 2 is 0.591 bits per heavy atom. The van der Waals surface area contributed by atoms with Gasteiger partial charge < -0.3 is 0 Å². The van der Waals surface area contributed by atoms with E-state index in [2.05, 4.69) is 174 Å². The summed E-state index contributed by atoms with van der Waals surface area (Å²) in [6.45, 7) is 0. The topological polar surface area (TPSA) is 60.2 Å². The summed E-state index contributed by atoms with van der Waals surface area (Å²) in [4.78, 5) is 0. The predicted octanol–water partition coefficient (Wildman–Crippen LogP) is 5.69. The van der Waals surface area contributed by atoms with E-state index in [0.717, 1.165) is 67.8 Å². The molecule has 0 amide bonds. The van der Waals surface area contributed by atoms with E-state index in [0.29, 0.717) is 0 Å². The van der Waals surface area contributed by atoms with Crippen LogP contribution >= 0.6 is 0 Å². The zero-order valence-electron chi connectivity index (χ0n) is 23.5. The standard InChI is InChI=1S/C36H22N8/c1-5-13-27-23(9-1)19-41-31-17-33-34(18-32(31)42-20-24-10-2-6-14-28(24)38-35(41,42)37-27)44-22-26-12-4-8-16-30(26)40-36(44)39-29-15-7-3-11-25(29)21-43(33)36/h1-22H/p+4. The van der Waals surface area contributed by atoms with Crippen LogP contribution in [0.5, 0.6) is 0 Å². The van der Waals surface area contributed by atoms with Crippen LogP contribution in [0.4, 0.5) is 45.5 Å². The minimum atomic E-state index is -0.732. The molecule has 8 nitrogen and oxygen atoms in total. The highest BCUT2D eigenvalue weighted by Crippen LogP contribution is 2.55. The van der Waals surface area contributed by atoms with E-state index in [9.17, 15) is 0 Å². The van der Waals surface area contributed by atoms with Gasteiger partial charge in [-0.15, -0.1) is 0 Å². The van der Waals surface area contributed by atoms with Gasteiger partial charge in [0.05, 0.1) is 57.1 Å². The Kier molecular flexibility index (Phi) is 3.84. The van der Waals surface area contributed by atoms with Crippen LogP contribution in [0.15, 0.2) is 109 Å². The molecule has 0 radical (unpaired) electrons. The quantitative estimate of drug-likeness (QED) is 0.181. The SMILES string of the molecule is C1=[N+]2c3cc4c(cc3[N+]3=Cc5ccccc5NC23Nc2ccccc21)[N+]1=Cc2ccccc2NC12Nc1ccccc1C=[N+]42. The number of para-hydroxylation sites is 4. The molecule has 6 aliphatic rings. The average molecular weight is 571 g/mol. The number of hydrogen-bond donors (Lipinski definition) is 4. The monoisotopic (exact) mass is 570 g/mol. The lowest BCUT2D eigenvalue weighted by Crippen LogP contribution is -2.62. The second-order valence-electron chi connectivity index (χ2n) is 12.0. The van der Waals surface area contributed by atoms with Gasteiger partial charge >= 0.3 is 11.8 Å². The zero-order valence-corrected chi connectivity index (χ0v) is 23.5. The Bertz CT molecular complexity index is 1990. The van der Waals surface area contributed by atoms with Crippen molar-refractivity contribution in [3.05, 3.63) is 131 Å². The van der Waals surface area contributed by atoms with Crippen molar-refractivity contribution in [2.24, 2.45) is 0 Å². The molecule has 0 aliphatic carbocycles. The first-order chi connectivity index (χ1) is 21.7. The van der Waals surface area contributed by atoms with Crippen LogP contribution in [-0.2, 0) is 0 Å². The summed E-state index contributed by atoms with van der Waals surface area (Å²) < 4.78 is 9.38. The van der Waals surface area contributed by atoms with Crippen molar-refractivity contribution < 1.29 is 18.3 Å². The van der Waals surface area contributed by atoms with Crippen LogP contribution in [0.3, 0.4) is 0 Å². The summed E-state index contributed by atoms with van der Waals surface area (Å²) in [5, 5.41) is 15.5. The molecule has 6 aliphatic heterocycles. The fourth-order valence-electron chi connectivity index (χ4n) is 7.65. The molecule has 5 aromatic rings. The smallest absolute Gasteiger partial charge is 0.244 e. The summed E-state index contributed by atoms with van der Waals surface area (Å²) in [5.74, 6) is -1.46. The lowest BCUT2D eigenvalue weighted by atomic mass is 10.1. The van der Waals surface area contributed by atoms with Crippen molar-refractivity contribution in [3.63, 3.8) is 0 Å². The van der Waals surface area contributed by atoms with Gasteiger partial charge in [-0.05, 0) is 48.5 Å². The Hall–Kier alpha value is -6.02. The van der Waals surface area contributed by atoms with Crippen molar-refractivity contribution in [3.8, 4) is 0 Å². The van der Waals surface area contributed by atoms with Crippen molar-refractivity contribution in [1.82, 2.24) is 0 Å². The maximum absolute atomic E-state index is 3.89. The Balaban J connectivity index is 1.22. The Morgan fingerprint density at radius 3 is 0.864 bits per heavy atom. The zero-order chi connectivity index (χ0) is 28.6. The van der Waals surface area contributed by atoms with Crippen molar-refractivity contribution in [1.29, 1.82) is 0 Å². The van der Waals surface area contributed by atoms with Crippen LogP contribution in [0.25, 0.3) is 0 Å². The van der Waals surface area contributed by atoms with Crippen LogP contribution in [-0.4, -0.2) is 55.0 Å². The molecule has 0 atom stereocenters. The summed E-state index contributed by atoms with van der Waals surface area (Å²) in [5.41, 5.74) is 13.4. The van der Waals surface area contributed by atoms with Crippen LogP contribution in [0.2, 0.25) is 0 Å². The Morgan fingerprint density at radius 1 is 0.341 bits per heavy atom. The van der Waals surface area contributed by atoms with Gasteiger partial charge in [-0.2, -0.15) is 0 Å². The number of benzene rings is 5. The third-order valence-corrected chi connectivity index (χ3v) is 9.66. The largest absolute Gasteiger partial charge is 0.539 e. The van der Waals surface area contributed by atoms with E-state index < -0.39 is 11.8 Å². The van der Waals surface area contributed by atoms with Gasteiger partial charge in [-0.1, -0.05) is 66.8 Å². The molecular weight excluding hydrogens is 544 g/mol. The molecule has 0 bridgehead atoms. The van der Waals surface area contributed by atoms with Gasteiger partial charge in [-0.25, -0.2) is 21.3 Å². The molecule has 0 unspecified atom stereocenters. The molecule has 5 aromatic carbocycles. The van der Waals surface area contributed by atoms with E-state index in [1.54, 1.807) is 0 Å². The second kappa shape index (κ2) is 7.48. The first-order valence-corrected chi connectivity index (χ1v) is 14.9. The third kappa shape index (κ3) is 2.61. The molecular formula is C36H26N8+4. The van der Waals surface area contributed by atoms with Crippen LogP contribution in [0, 0.1) is 0 Å². The summed E-state index contributed by atoms with van der Waals surface area (Å²) in [6.07, 6.45) is 9.05. The fraction of sp³-hybridized carbons (Fsp3) is 0.0556. The van der Waals surface area contributed by atoms with Gasteiger partial charge in [-0.3, -0.25) is 0 Å². The van der Waals surface area contributed by atoms with E-state index in [-0.39, 0.29) is 0 Å². The molecule has 44 heavy (non-hydrogen) atoms. The Labute approximate surface area is 252 Å². The van der Waals surface area contributed by atoms with E-state index in [1.807, 2.05) is 0 Å². The summed E-state index contributed by atoms with van der Waals surface area (Å²) in [7, 11) is 0. The van der Waals surface area contributed by atoms with Crippen molar-refractivity contribution in [2.75, 3.05) is 21.3 Å². The third-order valence-electron chi connectivity index (χ3n) is 9.66. The highest BCUT2D eigenvalue weighted by molar-refractivity contribution is 5.95. The summed E-state index contributed by atoms with van der Waals surface area (Å²) in [6, 6.07) is 38.6. The van der Waals surface area contributed by atoms with Gasteiger partial charge in [0.1, 0.15) is 0 Å². The normalized spacial score (nSPS) is 18.7. The highest BCUT2D eigenvalue weighted by Gasteiger charge is 2.71. The first-order valence-electron chi connectivity index (χ1n) is 14.9. The maximum atomic E-state index is 3.89. The molecule has 2 spiro atoms. The molecule has 0 saturated heterocycles. The first kappa shape index (κ1) is 22.6. The number of fused-ring (bicyclic) bond motifs is 10. The van der Waals surface area contributed by atoms with Crippen molar-refractivity contribution >= 4 is 70.4 Å². The molecule has 4 N–H and O–H groups in total. The van der Waals surface area contributed by atoms with Crippen LogP contribution in [0.1, 0.15) is 22.3 Å². The minimum absolute atomic E-state index is 0.732. The predicted molar refractivity (Wildman–Crippen MR) is 173 cm³/mol. The number of anilines is 4. The molecule has 6 heterocycles. The van der Waals surface area contributed by atoms with E-state index >= 15 is 0 Å². The molecule has 0 aromatic heterocycles. The molecule has 0 fully saturated rings. The lowest BCUT2D eigenvalue weighted by Gasteiger charge is -2.30. The second-order valence-corrected chi connectivity index (χ2v) is 12.0. The minimum Gasteiger partial charge on any atom is -0.244 e. The van der Waals surface area contributed by atoms with E-state index in [1.165, 1.54) is 0 Å². The van der Waals surface area contributed by atoms with Crippen molar-refractivity contribution in [2.45, 2.75) is 11.8 Å². The molecule has 11 rings (SSSR count). The lowest BCUT2D eigenvalue weighted by molar-refractivity contribution is -0.717. The number of nitrogens with zero attached hydrogens (tertiary/aromatic N) is 4. The molecule has 0 saturated carbocycles. The molecule has 8 heteroatoms. The van der Waals surface area contributed by atoms with Gasteiger partial charge in [0.25, 0.3) is 22.7 Å². The fourth-order valence-corrected chi connectivity index (χ4v) is 7.65. The van der Waals surface area contributed by atoms with Gasteiger partial charge in [0.15, 0.2) is 24.9 Å². The summed E-state index contributed by atoms with van der Waals surface area (Å²) >= 11 is 0. The van der Waals surface area contributed by atoms with E-state index in [4.69, 9.17) is 0 Å². The number of rotatable bonds is 0. The van der Waals surface area contributed by atoms with Gasteiger partial charge in [0.2, 0.25) is 0 Å². The number of nitrogens with one attached hydrogen (secondary N) is 4.